The number of nitrogens with one attached hydrogen (secondary N) is 2. The van der Waals surface area contributed by atoms with Gasteiger partial charge in [-0.15, -0.1) is 0 Å². The first kappa shape index (κ1) is 29.1. The molecule has 1 saturated heterocycles. The Morgan fingerprint density at radius 3 is 2.60 bits per heavy atom. The van der Waals surface area contributed by atoms with Crippen molar-refractivity contribution in [3.8, 4) is 17.2 Å². The average molecular weight is 632 g/mol. The van der Waals surface area contributed by atoms with E-state index in [1.54, 1.807) is 16.7 Å². The first-order valence-electron chi connectivity index (χ1n) is 15.8. The van der Waals surface area contributed by atoms with E-state index in [1.807, 2.05) is 67.5 Å². The number of hydrogen-bond acceptors (Lipinski definition) is 7. The number of benzene rings is 4. The van der Waals surface area contributed by atoms with Crippen LogP contribution in [0.4, 0.5) is 21.5 Å². The highest BCUT2D eigenvalue weighted by Crippen LogP contribution is 2.47. The van der Waals surface area contributed by atoms with Gasteiger partial charge in [-0.25, -0.2) is 4.39 Å². The quantitative estimate of drug-likeness (QED) is 0.190. The fourth-order valence-electron chi connectivity index (χ4n) is 6.91. The van der Waals surface area contributed by atoms with Crippen molar-refractivity contribution < 1.29 is 18.3 Å². The number of hydrogen-bond donors (Lipinski definition) is 2. The van der Waals surface area contributed by atoms with Crippen LogP contribution in [0.25, 0.3) is 38.5 Å². The fourth-order valence-corrected chi connectivity index (χ4v) is 6.91. The number of ether oxygens (including phenoxy) is 1. The van der Waals surface area contributed by atoms with Gasteiger partial charge in [0.1, 0.15) is 27.9 Å². The van der Waals surface area contributed by atoms with Crippen LogP contribution < -0.4 is 25.7 Å². The zero-order valence-electron chi connectivity index (χ0n) is 26.4. The molecule has 0 radical (unpaired) electrons. The van der Waals surface area contributed by atoms with Crippen LogP contribution in [0.5, 0.6) is 11.5 Å². The van der Waals surface area contributed by atoms with Gasteiger partial charge in [-0.1, -0.05) is 18.2 Å². The molecule has 1 amide bonds. The molecule has 238 valence electrons. The van der Waals surface area contributed by atoms with Crippen LogP contribution in [-0.4, -0.2) is 55.6 Å². The molecule has 2 aliphatic rings. The van der Waals surface area contributed by atoms with E-state index in [0.717, 1.165) is 47.9 Å². The summed E-state index contributed by atoms with van der Waals surface area (Å²) in [5, 5.41) is 7.93. The lowest BCUT2D eigenvalue weighted by Gasteiger charge is -2.27. The van der Waals surface area contributed by atoms with E-state index in [2.05, 4.69) is 22.6 Å². The summed E-state index contributed by atoms with van der Waals surface area (Å²) in [4.78, 5) is 31.9. The number of carbonyl (C=O) groups excluding carboxylic acids is 1. The summed E-state index contributed by atoms with van der Waals surface area (Å²) in [6, 6.07) is 20.4. The average Bonchev–Trinajstić information content (AvgIpc) is 3.64. The molecule has 2 aliphatic heterocycles. The van der Waals surface area contributed by atoms with Gasteiger partial charge in [0.05, 0.1) is 11.1 Å². The van der Waals surface area contributed by atoms with Gasteiger partial charge in [-0.05, 0) is 75.3 Å². The Hall–Kier alpha value is -5.35. The van der Waals surface area contributed by atoms with Gasteiger partial charge in [0, 0.05) is 61.1 Å². The maximum atomic E-state index is 16.0. The SMILES string of the molecule is CN(C)c1ccc(NC(=O)c2cn3c4c(c(NCCC5CCCN5C)c(F)cc4c2=O)Oc2cc4c(cc2-3)oc2ccccc24)cc1. The molecule has 9 nitrogen and oxygen atoms in total. The third-order valence-corrected chi connectivity index (χ3v) is 9.46. The lowest BCUT2D eigenvalue weighted by molar-refractivity contribution is 0.102. The standard InChI is InChI=1S/C37H34FN5O4/c1-41(2)22-12-10-21(11-13-22)40-37(45)27-20-43-29-19-31-25(24-8-4-5-9-30(24)46-31)18-32(29)47-36-33(28(38)17-26(34(36)43)35(27)44)39-15-14-23-7-6-16-42(23)3/h4-5,8-13,17-20,23,39H,6-7,14-16H2,1-3H3,(H,40,45). The Morgan fingerprint density at radius 1 is 1.02 bits per heavy atom. The molecule has 10 heteroatoms. The zero-order chi connectivity index (χ0) is 32.4. The van der Waals surface area contributed by atoms with Crippen LogP contribution in [0, 0.1) is 5.82 Å². The predicted octanol–water partition coefficient (Wildman–Crippen LogP) is 7.35. The minimum Gasteiger partial charge on any atom is -0.456 e. The van der Waals surface area contributed by atoms with Crippen molar-refractivity contribution in [1.82, 2.24) is 9.47 Å². The molecule has 0 saturated carbocycles. The minimum absolute atomic E-state index is 0.0459. The monoisotopic (exact) mass is 631 g/mol. The van der Waals surface area contributed by atoms with Gasteiger partial charge in [-0.2, -0.15) is 0 Å². The second-order valence-electron chi connectivity index (χ2n) is 12.6. The van der Waals surface area contributed by atoms with Crippen molar-refractivity contribution in [2.45, 2.75) is 25.3 Å². The molecule has 1 atom stereocenters. The molecule has 47 heavy (non-hydrogen) atoms. The van der Waals surface area contributed by atoms with E-state index < -0.39 is 17.2 Å². The van der Waals surface area contributed by atoms with E-state index in [4.69, 9.17) is 9.15 Å². The van der Waals surface area contributed by atoms with Crippen molar-refractivity contribution in [1.29, 1.82) is 0 Å². The fraction of sp³-hybridized carbons (Fsp3) is 0.243. The molecule has 2 aromatic heterocycles. The molecule has 1 unspecified atom stereocenters. The highest BCUT2D eigenvalue weighted by Gasteiger charge is 2.30. The summed E-state index contributed by atoms with van der Waals surface area (Å²) >= 11 is 0. The van der Waals surface area contributed by atoms with Gasteiger partial charge < -0.3 is 34.2 Å². The molecular formula is C37H34FN5O4. The van der Waals surface area contributed by atoms with Crippen LogP contribution in [0.2, 0.25) is 0 Å². The van der Waals surface area contributed by atoms with Crippen LogP contribution in [-0.2, 0) is 0 Å². The summed E-state index contributed by atoms with van der Waals surface area (Å²) in [5.41, 5.74) is 3.27. The topological polar surface area (TPSA) is 92.0 Å². The minimum atomic E-state index is -0.619. The maximum Gasteiger partial charge on any atom is 0.261 e. The van der Waals surface area contributed by atoms with Crippen LogP contribution >= 0.6 is 0 Å². The number of carbonyl (C=O) groups is 1. The summed E-state index contributed by atoms with van der Waals surface area (Å²) < 4.78 is 30.4. The largest absolute Gasteiger partial charge is 0.456 e. The van der Waals surface area contributed by atoms with Gasteiger partial charge in [0.25, 0.3) is 5.91 Å². The number of likely N-dealkylation sites (tertiary alicyclic amines) is 1. The third kappa shape index (κ3) is 4.87. The summed E-state index contributed by atoms with van der Waals surface area (Å²) in [7, 11) is 5.97. The van der Waals surface area contributed by atoms with E-state index in [-0.39, 0.29) is 22.4 Å². The molecule has 2 N–H and O–H groups in total. The molecule has 1 fully saturated rings. The van der Waals surface area contributed by atoms with Gasteiger partial charge in [0.15, 0.2) is 17.3 Å². The molecule has 0 spiro atoms. The molecular weight excluding hydrogens is 597 g/mol. The zero-order valence-corrected chi connectivity index (χ0v) is 26.4. The first-order chi connectivity index (χ1) is 22.8. The third-order valence-electron chi connectivity index (χ3n) is 9.46. The van der Waals surface area contributed by atoms with Crippen LogP contribution in [0.1, 0.15) is 29.6 Å². The van der Waals surface area contributed by atoms with Crippen molar-refractivity contribution in [3.63, 3.8) is 0 Å². The Kier molecular flexibility index (Phi) is 6.91. The number of anilines is 3. The molecule has 6 aromatic rings. The number of furan rings is 1. The van der Waals surface area contributed by atoms with Gasteiger partial charge in [0.2, 0.25) is 5.43 Å². The van der Waals surface area contributed by atoms with Gasteiger partial charge >= 0.3 is 0 Å². The van der Waals surface area contributed by atoms with E-state index in [0.29, 0.717) is 40.8 Å². The number of fused-ring (bicyclic) bond motifs is 5. The molecule has 8 rings (SSSR count). The van der Waals surface area contributed by atoms with Crippen molar-refractivity contribution in [3.05, 3.63) is 94.5 Å². The Labute approximate surface area is 270 Å². The molecule has 4 heterocycles. The maximum absolute atomic E-state index is 16.0. The highest BCUT2D eigenvalue weighted by atomic mass is 19.1. The van der Waals surface area contributed by atoms with E-state index >= 15 is 4.39 Å². The van der Waals surface area contributed by atoms with Crippen molar-refractivity contribution in [2.24, 2.45) is 0 Å². The van der Waals surface area contributed by atoms with Gasteiger partial charge in [-0.3, -0.25) is 9.59 Å². The number of nitrogens with zero attached hydrogens (tertiary/aromatic N) is 3. The Bertz CT molecular complexity index is 2270. The van der Waals surface area contributed by atoms with Crippen molar-refractivity contribution >= 4 is 55.8 Å². The van der Waals surface area contributed by atoms with Crippen LogP contribution in [0.3, 0.4) is 0 Å². The number of para-hydroxylation sites is 1. The normalized spacial score (nSPS) is 15.6. The second-order valence-corrected chi connectivity index (χ2v) is 12.6. The van der Waals surface area contributed by atoms with E-state index in [9.17, 15) is 9.59 Å². The lowest BCUT2D eigenvalue weighted by atomic mass is 10.0. The number of rotatable bonds is 7. The molecule has 4 aromatic carbocycles. The van der Waals surface area contributed by atoms with Crippen LogP contribution in [0.15, 0.2) is 82.1 Å². The number of halogens is 1. The summed E-state index contributed by atoms with van der Waals surface area (Å²) in [6.07, 6.45) is 4.61. The second kappa shape index (κ2) is 11.2. The number of pyridine rings is 1. The van der Waals surface area contributed by atoms with Crippen molar-refractivity contribution in [2.75, 3.05) is 49.8 Å². The summed E-state index contributed by atoms with van der Waals surface area (Å²) in [5.74, 6) is -0.550. The molecule has 0 aliphatic carbocycles. The predicted molar refractivity (Wildman–Crippen MR) is 184 cm³/mol. The highest BCUT2D eigenvalue weighted by molar-refractivity contribution is 6.09. The Morgan fingerprint density at radius 2 is 1.83 bits per heavy atom. The first-order valence-corrected chi connectivity index (χ1v) is 15.8. The molecule has 0 bridgehead atoms. The number of amides is 1. The smallest absolute Gasteiger partial charge is 0.261 e. The number of aromatic nitrogens is 1. The lowest BCUT2D eigenvalue weighted by Crippen LogP contribution is -2.27. The summed E-state index contributed by atoms with van der Waals surface area (Å²) in [6.45, 7) is 1.59. The van der Waals surface area contributed by atoms with E-state index in [1.165, 1.54) is 12.3 Å². The Balaban J connectivity index is 1.27.